The Balaban J connectivity index is 1.45. The summed E-state index contributed by atoms with van der Waals surface area (Å²) in [7, 11) is 0. The average Bonchev–Trinajstić information content (AvgIpc) is 2.67. The fourth-order valence-electron chi connectivity index (χ4n) is 2.70. The van der Waals surface area contributed by atoms with E-state index in [1.807, 2.05) is 12.1 Å². The van der Waals surface area contributed by atoms with Gasteiger partial charge in [0.1, 0.15) is 11.6 Å². The lowest BCUT2D eigenvalue weighted by molar-refractivity contribution is -0.123. The Morgan fingerprint density at radius 1 is 1.33 bits per heavy atom. The van der Waals surface area contributed by atoms with E-state index in [1.165, 1.54) is 0 Å². The van der Waals surface area contributed by atoms with Crippen LogP contribution in [0.2, 0.25) is 10.0 Å². The molecule has 1 aliphatic rings. The molecule has 0 aliphatic carbocycles. The lowest BCUT2D eigenvalue weighted by Crippen LogP contribution is -2.41. The molecule has 1 saturated heterocycles. The molecule has 0 radical (unpaired) electrons. The molecule has 0 spiro atoms. The molecule has 1 atom stereocenters. The number of ether oxygens (including phenoxy) is 2. The topological polar surface area (TPSA) is 63.7 Å². The number of rotatable bonds is 6. The Morgan fingerprint density at radius 3 is 2.89 bits per heavy atom. The van der Waals surface area contributed by atoms with Crippen LogP contribution in [0.4, 0.5) is 5.82 Å². The van der Waals surface area contributed by atoms with Crippen molar-refractivity contribution < 1.29 is 14.3 Å². The van der Waals surface area contributed by atoms with Crippen LogP contribution in [0.15, 0.2) is 36.5 Å². The first-order valence-corrected chi connectivity index (χ1v) is 9.43. The van der Waals surface area contributed by atoms with E-state index >= 15 is 0 Å². The minimum atomic E-state index is -0.229. The van der Waals surface area contributed by atoms with E-state index in [2.05, 4.69) is 22.1 Å². The second-order valence-electron chi connectivity index (χ2n) is 6.29. The summed E-state index contributed by atoms with van der Waals surface area (Å²) in [6, 6.07) is 8.79. The molecule has 27 heavy (non-hydrogen) atoms. The molecule has 6 nitrogen and oxygen atoms in total. The minimum absolute atomic E-state index is 0.102. The molecule has 144 valence electrons. The van der Waals surface area contributed by atoms with Crippen molar-refractivity contribution >= 4 is 34.9 Å². The summed E-state index contributed by atoms with van der Waals surface area (Å²) in [5.41, 5.74) is 0.919. The SMILES string of the molecule is CC1CN(c2ccc(CNC(=O)COc3ccc(Cl)c(Cl)c3)cn2)CCO1. The van der Waals surface area contributed by atoms with Gasteiger partial charge in [-0.25, -0.2) is 4.98 Å². The van der Waals surface area contributed by atoms with Crippen molar-refractivity contribution in [2.45, 2.75) is 19.6 Å². The lowest BCUT2D eigenvalue weighted by atomic mass is 10.2. The van der Waals surface area contributed by atoms with Crippen LogP contribution in [0.3, 0.4) is 0 Å². The van der Waals surface area contributed by atoms with Gasteiger partial charge < -0.3 is 19.7 Å². The van der Waals surface area contributed by atoms with Gasteiger partial charge in [0.2, 0.25) is 0 Å². The molecular formula is C19H21Cl2N3O3. The number of amides is 1. The molecule has 1 unspecified atom stereocenters. The Labute approximate surface area is 168 Å². The predicted octanol–water partition coefficient (Wildman–Crippen LogP) is 3.31. The molecule has 1 aromatic heterocycles. The summed E-state index contributed by atoms with van der Waals surface area (Å²) in [5.74, 6) is 1.18. The fraction of sp³-hybridized carbons (Fsp3) is 0.368. The zero-order valence-electron chi connectivity index (χ0n) is 15.0. The van der Waals surface area contributed by atoms with Crippen LogP contribution in [-0.2, 0) is 16.1 Å². The number of hydrogen-bond donors (Lipinski definition) is 1. The first-order valence-electron chi connectivity index (χ1n) is 8.67. The molecule has 2 aromatic rings. The molecule has 0 saturated carbocycles. The van der Waals surface area contributed by atoms with E-state index in [0.29, 0.717) is 28.9 Å². The maximum Gasteiger partial charge on any atom is 0.258 e. The van der Waals surface area contributed by atoms with Crippen LogP contribution < -0.4 is 15.0 Å². The van der Waals surface area contributed by atoms with Crippen molar-refractivity contribution in [3.05, 3.63) is 52.1 Å². The number of carbonyl (C=O) groups is 1. The van der Waals surface area contributed by atoms with Gasteiger partial charge >= 0.3 is 0 Å². The fourth-order valence-corrected chi connectivity index (χ4v) is 2.99. The predicted molar refractivity (Wildman–Crippen MR) is 106 cm³/mol. The van der Waals surface area contributed by atoms with Crippen LogP contribution in [0, 0.1) is 0 Å². The smallest absolute Gasteiger partial charge is 0.258 e. The molecule has 1 amide bonds. The number of hydrogen-bond acceptors (Lipinski definition) is 5. The second-order valence-corrected chi connectivity index (χ2v) is 7.11. The van der Waals surface area contributed by atoms with Crippen molar-refractivity contribution in [1.82, 2.24) is 10.3 Å². The molecule has 1 aromatic carbocycles. The standard InChI is InChI=1S/C19H21Cl2N3O3/c1-13-11-24(6-7-26-13)18-5-2-14(9-22-18)10-23-19(25)12-27-15-3-4-16(20)17(21)8-15/h2-5,8-9,13H,6-7,10-12H2,1H3,(H,23,25). The number of morpholine rings is 1. The van der Waals surface area contributed by atoms with E-state index < -0.39 is 0 Å². The van der Waals surface area contributed by atoms with E-state index in [9.17, 15) is 4.79 Å². The monoisotopic (exact) mass is 409 g/mol. The third-order valence-electron chi connectivity index (χ3n) is 4.12. The van der Waals surface area contributed by atoms with Gasteiger partial charge in [0.05, 0.1) is 22.8 Å². The summed E-state index contributed by atoms with van der Waals surface area (Å²) in [4.78, 5) is 18.6. The normalized spacial score (nSPS) is 16.9. The number of nitrogens with one attached hydrogen (secondary N) is 1. The van der Waals surface area contributed by atoms with E-state index in [4.69, 9.17) is 32.7 Å². The van der Waals surface area contributed by atoms with Gasteiger partial charge in [0, 0.05) is 31.9 Å². The maximum atomic E-state index is 12.0. The van der Waals surface area contributed by atoms with Crippen LogP contribution >= 0.6 is 23.2 Å². The number of pyridine rings is 1. The second kappa shape index (κ2) is 9.26. The molecule has 3 rings (SSSR count). The van der Waals surface area contributed by atoms with E-state index in [1.54, 1.807) is 24.4 Å². The number of carbonyl (C=O) groups excluding carboxylic acids is 1. The summed E-state index contributed by atoms with van der Waals surface area (Å²) in [5, 5.41) is 3.63. The highest BCUT2D eigenvalue weighted by atomic mass is 35.5. The highest BCUT2D eigenvalue weighted by Gasteiger charge is 2.17. The molecule has 1 aliphatic heterocycles. The largest absolute Gasteiger partial charge is 0.484 e. The summed E-state index contributed by atoms with van der Waals surface area (Å²) in [6.45, 7) is 4.70. The number of nitrogens with zero attached hydrogens (tertiary/aromatic N) is 2. The first kappa shape index (κ1) is 19.7. The Kier molecular flexibility index (Phi) is 6.77. The minimum Gasteiger partial charge on any atom is -0.484 e. The lowest BCUT2D eigenvalue weighted by Gasteiger charge is -2.32. The Bertz CT molecular complexity index is 786. The average molecular weight is 410 g/mol. The number of aromatic nitrogens is 1. The molecule has 0 bridgehead atoms. The van der Waals surface area contributed by atoms with Crippen LogP contribution in [-0.4, -0.2) is 43.3 Å². The van der Waals surface area contributed by atoms with Gasteiger partial charge in [-0.3, -0.25) is 4.79 Å². The molecule has 1 N–H and O–H groups in total. The quantitative estimate of drug-likeness (QED) is 0.792. The number of anilines is 1. The van der Waals surface area contributed by atoms with Gasteiger partial charge in [-0.1, -0.05) is 29.3 Å². The van der Waals surface area contributed by atoms with Crippen molar-refractivity contribution in [3.8, 4) is 5.75 Å². The third-order valence-corrected chi connectivity index (χ3v) is 4.86. The Morgan fingerprint density at radius 2 is 2.19 bits per heavy atom. The van der Waals surface area contributed by atoms with Gasteiger partial charge in [-0.2, -0.15) is 0 Å². The maximum absolute atomic E-state index is 12.0. The van der Waals surface area contributed by atoms with Crippen molar-refractivity contribution in [1.29, 1.82) is 0 Å². The number of benzene rings is 1. The molecule has 2 heterocycles. The van der Waals surface area contributed by atoms with Gasteiger partial charge in [0.25, 0.3) is 5.91 Å². The van der Waals surface area contributed by atoms with Gasteiger partial charge in [0.15, 0.2) is 6.61 Å². The zero-order chi connectivity index (χ0) is 19.2. The van der Waals surface area contributed by atoms with Crippen LogP contribution in [0.5, 0.6) is 5.75 Å². The molecule has 8 heteroatoms. The van der Waals surface area contributed by atoms with Crippen LogP contribution in [0.1, 0.15) is 12.5 Å². The molecular weight excluding hydrogens is 389 g/mol. The Hall–Kier alpha value is -2.02. The number of halogens is 2. The zero-order valence-corrected chi connectivity index (χ0v) is 16.5. The van der Waals surface area contributed by atoms with Crippen molar-refractivity contribution in [2.24, 2.45) is 0 Å². The van der Waals surface area contributed by atoms with E-state index in [-0.39, 0.29) is 18.6 Å². The first-order chi connectivity index (χ1) is 13.0. The van der Waals surface area contributed by atoms with Crippen LogP contribution in [0.25, 0.3) is 0 Å². The van der Waals surface area contributed by atoms with Gasteiger partial charge in [-0.05, 0) is 30.7 Å². The highest BCUT2D eigenvalue weighted by Crippen LogP contribution is 2.26. The van der Waals surface area contributed by atoms with Gasteiger partial charge in [-0.15, -0.1) is 0 Å². The third kappa shape index (κ3) is 5.73. The summed E-state index contributed by atoms with van der Waals surface area (Å²) >= 11 is 11.8. The molecule has 1 fully saturated rings. The summed E-state index contributed by atoms with van der Waals surface area (Å²) in [6.07, 6.45) is 1.98. The highest BCUT2D eigenvalue weighted by molar-refractivity contribution is 6.42. The summed E-state index contributed by atoms with van der Waals surface area (Å²) < 4.78 is 11.0. The van der Waals surface area contributed by atoms with Crippen molar-refractivity contribution in [2.75, 3.05) is 31.2 Å². The van der Waals surface area contributed by atoms with E-state index in [0.717, 1.165) is 24.5 Å². The van der Waals surface area contributed by atoms with Crippen molar-refractivity contribution in [3.63, 3.8) is 0 Å².